The van der Waals surface area contributed by atoms with Crippen LogP contribution in [0.25, 0.3) is 0 Å². The predicted molar refractivity (Wildman–Crippen MR) is 240 cm³/mol. The molecule has 0 aliphatic heterocycles. The molecule has 0 fully saturated rings. The highest BCUT2D eigenvalue weighted by Crippen LogP contribution is 2.18. The average molecular weight is 764 g/mol. The molecule has 2 atom stereocenters. The van der Waals surface area contributed by atoms with Crippen molar-refractivity contribution in [1.29, 1.82) is 0 Å². The lowest BCUT2D eigenvalue weighted by Crippen LogP contribution is -2.45. The topological polar surface area (TPSA) is 69.6 Å². The zero-order valence-corrected chi connectivity index (χ0v) is 37.3. The standard InChI is InChI=1S/C50H101NO3/c1-3-5-7-9-11-13-15-17-18-19-20-21-22-23-24-25-26-27-28-29-30-31-32-34-36-38-40-42-44-46-50(54)51-48(47-52)49(53)45-43-41-39-37-35-33-16-14-12-10-8-6-4-2/h48-49,52-53H,3-47H2,1-2H3,(H,51,54). The second kappa shape index (κ2) is 46.8. The van der Waals surface area contributed by atoms with Gasteiger partial charge in [0, 0.05) is 6.42 Å². The van der Waals surface area contributed by atoms with Gasteiger partial charge in [-0.15, -0.1) is 0 Å². The Morgan fingerprint density at radius 2 is 0.593 bits per heavy atom. The van der Waals surface area contributed by atoms with Gasteiger partial charge in [0.05, 0.1) is 18.8 Å². The Morgan fingerprint density at radius 1 is 0.370 bits per heavy atom. The third-order valence-electron chi connectivity index (χ3n) is 12.1. The molecule has 2 unspecified atom stereocenters. The summed E-state index contributed by atoms with van der Waals surface area (Å²) in [6, 6.07) is -0.529. The zero-order valence-electron chi connectivity index (χ0n) is 37.3. The van der Waals surface area contributed by atoms with Crippen molar-refractivity contribution in [2.75, 3.05) is 6.61 Å². The van der Waals surface area contributed by atoms with Gasteiger partial charge in [0.2, 0.25) is 5.91 Å². The van der Waals surface area contributed by atoms with Crippen LogP contribution in [0.2, 0.25) is 0 Å². The Labute approximate surface area is 340 Å². The molecule has 0 saturated heterocycles. The molecule has 0 saturated carbocycles. The number of hydrogen-bond donors (Lipinski definition) is 3. The fourth-order valence-corrected chi connectivity index (χ4v) is 8.25. The molecule has 0 aromatic rings. The molecule has 0 spiro atoms. The number of amides is 1. The lowest BCUT2D eigenvalue weighted by Gasteiger charge is -2.22. The average Bonchev–Trinajstić information content (AvgIpc) is 3.18. The number of aliphatic hydroxyl groups is 2. The van der Waals surface area contributed by atoms with E-state index in [1.54, 1.807) is 0 Å². The van der Waals surface area contributed by atoms with Crippen LogP contribution in [0.5, 0.6) is 0 Å². The number of carbonyl (C=O) groups is 1. The normalized spacial score (nSPS) is 12.7. The molecular weight excluding hydrogens is 663 g/mol. The third-order valence-corrected chi connectivity index (χ3v) is 12.1. The van der Waals surface area contributed by atoms with E-state index >= 15 is 0 Å². The fraction of sp³-hybridized carbons (Fsp3) is 0.980. The molecule has 3 N–H and O–H groups in total. The van der Waals surface area contributed by atoms with E-state index in [-0.39, 0.29) is 12.5 Å². The molecule has 1 amide bonds. The largest absolute Gasteiger partial charge is 0.394 e. The van der Waals surface area contributed by atoms with Gasteiger partial charge < -0.3 is 15.5 Å². The molecule has 0 aromatic carbocycles. The van der Waals surface area contributed by atoms with Crippen molar-refractivity contribution in [3.8, 4) is 0 Å². The van der Waals surface area contributed by atoms with Crippen LogP contribution in [-0.2, 0) is 4.79 Å². The maximum absolute atomic E-state index is 12.4. The fourth-order valence-electron chi connectivity index (χ4n) is 8.25. The number of carbonyl (C=O) groups excluding carboxylic acids is 1. The first kappa shape index (κ1) is 53.4. The summed E-state index contributed by atoms with van der Waals surface area (Å²) < 4.78 is 0. The van der Waals surface area contributed by atoms with Crippen LogP contribution in [0.4, 0.5) is 0 Å². The van der Waals surface area contributed by atoms with Crippen molar-refractivity contribution >= 4 is 5.91 Å². The summed E-state index contributed by atoms with van der Waals surface area (Å²) in [5, 5.41) is 23.2. The summed E-state index contributed by atoms with van der Waals surface area (Å²) in [6.45, 7) is 4.39. The van der Waals surface area contributed by atoms with Gasteiger partial charge in [0.25, 0.3) is 0 Å². The first-order valence-electron chi connectivity index (χ1n) is 25.2. The second-order valence-corrected chi connectivity index (χ2v) is 17.6. The van der Waals surface area contributed by atoms with Gasteiger partial charge in [0.15, 0.2) is 0 Å². The monoisotopic (exact) mass is 764 g/mol. The quantitative estimate of drug-likeness (QED) is 0.0541. The van der Waals surface area contributed by atoms with E-state index in [0.29, 0.717) is 12.8 Å². The van der Waals surface area contributed by atoms with E-state index in [9.17, 15) is 15.0 Å². The summed E-state index contributed by atoms with van der Waals surface area (Å²) in [6.07, 6.45) is 57.9. The van der Waals surface area contributed by atoms with Crippen LogP contribution in [0, 0.1) is 0 Å². The lowest BCUT2D eigenvalue weighted by molar-refractivity contribution is -0.123. The molecule has 0 bridgehead atoms. The molecular formula is C50H101NO3. The van der Waals surface area contributed by atoms with Gasteiger partial charge in [-0.1, -0.05) is 277 Å². The molecule has 54 heavy (non-hydrogen) atoms. The van der Waals surface area contributed by atoms with Crippen molar-refractivity contribution in [2.24, 2.45) is 0 Å². The summed E-state index contributed by atoms with van der Waals surface area (Å²) in [7, 11) is 0. The SMILES string of the molecule is CCCCCCCCCCCCCCCCCCCCCCCCCCCCCCCC(=O)NC(CO)C(O)CCCCCCCCCCCCCCC. The lowest BCUT2D eigenvalue weighted by atomic mass is 10.0. The molecule has 4 nitrogen and oxygen atoms in total. The Bertz CT molecular complexity index is 699. The summed E-state index contributed by atoms with van der Waals surface area (Å²) in [5.74, 6) is -0.0245. The van der Waals surface area contributed by atoms with Crippen molar-refractivity contribution in [2.45, 2.75) is 309 Å². The number of unbranched alkanes of at least 4 members (excludes halogenated alkanes) is 40. The van der Waals surface area contributed by atoms with Gasteiger partial charge in [-0.05, 0) is 12.8 Å². The smallest absolute Gasteiger partial charge is 0.220 e. The zero-order chi connectivity index (χ0) is 39.3. The van der Waals surface area contributed by atoms with Crippen LogP contribution in [0.1, 0.15) is 296 Å². The van der Waals surface area contributed by atoms with E-state index in [0.717, 1.165) is 25.7 Å². The second-order valence-electron chi connectivity index (χ2n) is 17.6. The highest BCUT2D eigenvalue weighted by atomic mass is 16.3. The Kier molecular flexibility index (Phi) is 46.2. The Balaban J connectivity index is 3.37. The van der Waals surface area contributed by atoms with Crippen LogP contribution in [-0.4, -0.2) is 34.9 Å². The minimum Gasteiger partial charge on any atom is -0.394 e. The van der Waals surface area contributed by atoms with E-state index in [4.69, 9.17) is 0 Å². The van der Waals surface area contributed by atoms with Crippen LogP contribution in [0.3, 0.4) is 0 Å². The highest BCUT2D eigenvalue weighted by molar-refractivity contribution is 5.76. The summed E-state index contributed by atoms with van der Waals surface area (Å²) in [4.78, 5) is 12.4. The van der Waals surface area contributed by atoms with Gasteiger partial charge in [0.1, 0.15) is 0 Å². The minimum atomic E-state index is -0.653. The molecule has 324 valence electrons. The van der Waals surface area contributed by atoms with E-state index in [2.05, 4.69) is 19.2 Å². The van der Waals surface area contributed by atoms with Crippen molar-refractivity contribution in [3.63, 3.8) is 0 Å². The van der Waals surface area contributed by atoms with E-state index in [1.165, 1.54) is 244 Å². The first-order valence-corrected chi connectivity index (χ1v) is 25.2. The highest BCUT2D eigenvalue weighted by Gasteiger charge is 2.20. The van der Waals surface area contributed by atoms with Crippen LogP contribution < -0.4 is 5.32 Å². The van der Waals surface area contributed by atoms with Gasteiger partial charge in [-0.2, -0.15) is 0 Å². The Morgan fingerprint density at radius 3 is 0.833 bits per heavy atom. The molecule has 0 heterocycles. The number of hydrogen-bond acceptors (Lipinski definition) is 3. The third kappa shape index (κ3) is 42.5. The van der Waals surface area contributed by atoms with Crippen LogP contribution in [0.15, 0.2) is 0 Å². The van der Waals surface area contributed by atoms with Gasteiger partial charge >= 0.3 is 0 Å². The number of rotatable bonds is 47. The van der Waals surface area contributed by atoms with Crippen LogP contribution >= 0.6 is 0 Å². The molecule has 0 aliphatic rings. The van der Waals surface area contributed by atoms with Gasteiger partial charge in [-0.3, -0.25) is 4.79 Å². The molecule has 0 rings (SSSR count). The van der Waals surface area contributed by atoms with Crippen molar-refractivity contribution in [1.82, 2.24) is 5.32 Å². The maximum atomic E-state index is 12.4. The molecule has 4 heteroatoms. The maximum Gasteiger partial charge on any atom is 0.220 e. The number of aliphatic hydroxyl groups excluding tert-OH is 2. The minimum absolute atomic E-state index is 0.0245. The van der Waals surface area contributed by atoms with E-state index in [1.807, 2.05) is 0 Å². The first-order chi connectivity index (χ1) is 26.7. The predicted octanol–water partition coefficient (Wildman–Crippen LogP) is 16.0. The molecule has 0 radical (unpaired) electrons. The van der Waals surface area contributed by atoms with Crippen molar-refractivity contribution in [3.05, 3.63) is 0 Å². The molecule has 0 aromatic heterocycles. The number of nitrogens with one attached hydrogen (secondary N) is 1. The van der Waals surface area contributed by atoms with Crippen molar-refractivity contribution < 1.29 is 15.0 Å². The van der Waals surface area contributed by atoms with E-state index < -0.39 is 12.1 Å². The summed E-state index contributed by atoms with van der Waals surface area (Å²) in [5.41, 5.74) is 0. The Hall–Kier alpha value is -0.610. The molecule has 0 aliphatic carbocycles. The summed E-state index contributed by atoms with van der Waals surface area (Å²) >= 11 is 0. The van der Waals surface area contributed by atoms with Gasteiger partial charge in [-0.25, -0.2) is 0 Å².